The van der Waals surface area contributed by atoms with Crippen LogP contribution in [0.5, 0.6) is 0 Å². The molecule has 2 heteroatoms. The van der Waals surface area contributed by atoms with E-state index in [0.29, 0.717) is 6.54 Å². The molecule has 2 N–H and O–H groups in total. The van der Waals surface area contributed by atoms with Crippen LogP contribution in [-0.4, -0.2) is 20.3 Å². The average molecular weight is 115 g/mol. The monoisotopic (exact) mass is 115 g/mol. The molecule has 2 nitrogen and oxygen atoms in total. The number of methoxy groups -OCH3 is 1. The number of ether oxygens (including phenoxy) is 1. The Labute approximate surface area is 50.3 Å². The van der Waals surface area contributed by atoms with E-state index in [0.717, 1.165) is 18.6 Å². The molecular formula is C6H13NO. The van der Waals surface area contributed by atoms with E-state index in [1.165, 1.54) is 0 Å². The first-order valence-corrected chi connectivity index (χ1v) is 2.67. The van der Waals surface area contributed by atoms with Crippen molar-refractivity contribution in [1.82, 2.24) is 0 Å². The molecule has 48 valence electrons. The minimum atomic E-state index is 0.573. The first-order valence-electron chi connectivity index (χ1n) is 2.67. The molecule has 8 heavy (non-hydrogen) atoms. The Morgan fingerprint density at radius 1 is 1.75 bits per heavy atom. The third-order valence-corrected chi connectivity index (χ3v) is 0.948. The molecule has 0 aliphatic carbocycles. The third kappa shape index (κ3) is 3.84. The van der Waals surface area contributed by atoms with Crippen LogP contribution in [0.15, 0.2) is 12.2 Å². The third-order valence-electron chi connectivity index (χ3n) is 0.948. The lowest BCUT2D eigenvalue weighted by Crippen LogP contribution is -2.03. The van der Waals surface area contributed by atoms with Gasteiger partial charge in [0.25, 0.3) is 0 Å². The lowest BCUT2D eigenvalue weighted by atomic mass is 10.2. The Morgan fingerprint density at radius 3 is 2.75 bits per heavy atom. The normalized spacial score (nSPS) is 9.25. The number of rotatable bonds is 4. The molecule has 0 aromatic heterocycles. The zero-order chi connectivity index (χ0) is 6.41. The fraction of sp³-hybridized carbons (Fsp3) is 0.667. The molecule has 0 saturated heterocycles. The topological polar surface area (TPSA) is 35.2 Å². The van der Waals surface area contributed by atoms with Gasteiger partial charge in [0.1, 0.15) is 0 Å². The van der Waals surface area contributed by atoms with Crippen molar-refractivity contribution in [2.45, 2.75) is 6.42 Å². The van der Waals surface area contributed by atoms with Crippen molar-refractivity contribution in [3.8, 4) is 0 Å². The van der Waals surface area contributed by atoms with E-state index in [-0.39, 0.29) is 0 Å². The van der Waals surface area contributed by atoms with Gasteiger partial charge in [-0.2, -0.15) is 0 Å². The van der Waals surface area contributed by atoms with Gasteiger partial charge in [0.05, 0.1) is 0 Å². The number of hydrogen-bond donors (Lipinski definition) is 1. The molecule has 0 heterocycles. The molecule has 0 aliphatic heterocycles. The number of nitrogens with two attached hydrogens (primary N) is 1. The van der Waals surface area contributed by atoms with Gasteiger partial charge in [0.15, 0.2) is 0 Å². The van der Waals surface area contributed by atoms with Crippen molar-refractivity contribution >= 4 is 0 Å². The van der Waals surface area contributed by atoms with Crippen LogP contribution < -0.4 is 5.73 Å². The zero-order valence-corrected chi connectivity index (χ0v) is 5.31. The summed E-state index contributed by atoms with van der Waals surface area (Å²) in [7, 11) is 1.67. The van der Waals surface area contributed by atoms with E-state index >= 15 is 0 Å². The smallest absolute Gasteiger partial charge is 0.0499 e. The van der Waals surface area contributed by atoms with Crippen LogP contribution in [0, 0.1) is 0 Å². The first-order chi connectivity index (χ1) is 3.81. The highest BCUT2D eigenvalue weighted by Gasteiger charge is 1.87. The summed E-state index contributed by atoms with van der Waals surface area (Å²) in [5.41, 5.74) is 6.31. The van der Waals surface area contributed by atoms with Gasteiger partial charge in [-0.25, -0.2) is 0 Å². The molecule has 0 aromatic rings. The molecule has 0 radical (unpaired) electrons. The van der Waals surface area contributed by atoms with Crippen molar-refractivity contribution in [1.29, 1.82) is 0 Å². The summed E-state index contributed by atoms with van der Waals surface area (Å²) in [6.45, 7) is 5.01. The van der Waals surface area contributed by atoms with Crippen LogP contribution in [-0.2, 0) is 4.74 Å². The van der Waals surface area contributed by atoms with Crippen LogP contribution >= 0.6 is 0 Å². The fourth-order valence-electron chi connectivity index (χ4n) is 0.348. The molecule has 0 saturated carbocycles. The van der Waals surface area contributed by atoms with Crippen LogP contribution in [0.4, 0.5) is 0 Å². The summed E-state index contributed by atoms with van der Waals surface area (Å²) in [5.74, 6) is 0. The van der Waals surface area contributed by atoms with E-state index in [2.05, 4.69) is 6.58 Å². The minimum Gasteiger partial charge on any atom is -0.384 e. The molecule has 0 bridgehead atoms. The van der Waals surface area contributed by atoms with Gasteiger partial charge in [-0.15, -0.1) is 0 Å². The molecule has 0 spiro atoms. The maximum Gasteiger partial charge on any atom is 0.0499 e. The fourth-order valence-corrected chi connectivity index (χ4v) is 0.348. The van der Waals surface area contributed by atoms with Crippen molar-refractivity contribution in [2.75, 3.05) is 20.3 Å². The average Bonchev–Trinajstić information content (AvgIpc) is 1.83. The SMILES string of the molecule is C=C(CN)CCOC. The van der Waals surface area contributed by atoms with Gasteiger partial charge in [-0.05, 0) is 6.42 Å². The second-order valence-corrected chi connectivity index (χ2v) is 1.70. The predicted molar refractivity (Wildman–Crippen MR) is 34.7 cm³/mol. The van der Waals surface area contributed by atoms with Crippen molar-refractivity contribution < 1.29 is 4.74 Å². The highest BCUT2D eigenvalue weighted by Crippen LogP contribution is 1.92. The standard InChI is InChI=1S/C6H13NO/c1-6(5-7)3-4-8-2/h1,3-5,7H2,2H3. The van der Waals surface area contributed by atoms with E-state index < -0.39 is 0 Å². The summed E-state index contributed by atoms with van der Waals surface area (Å²) in [6.07, 6.45) is 0.882. The van der Waals surface area contributed by atoms with Crippen LogP contribution in [0.1, 0.15) is 6.42 Å². The first kappa shape index (κ1) is 7.66. The minimum absolute atomic E-state index is 0.573. The van der Waals surface area contributed by atoms with E-state index in [9.17, 15) is 0 Å². The molecule has 0 rings (SSSR count). The van der Waals surface area contributed by atoms with Crippen LogP contribution in [0.25, 0.3) is 0 Å². The van der Waals surface area contributed by atoms with Crippen molar-refractivity contribution in [3.63, 3.8) is 0 Å². The van der Waals surface area contributed by atoms with Gasteiger partial charge in [0, 0.05) is 20.3 Å². The largest absolute Gasteiger partial charge is 0.384 e. The second kappa shape index (κ2) is 4.81. The maximum absolute atomic E-state index is 5.26. The van der Waals surface area contributed by atoms with Crippen molar-refractivity contribution in [3.05, 3.63) is 12.2 Å². The lowest BCUT2D eigenvalue weighted by molar-refractivity contribution is 0.202. The predicted octanol–water partition coefficient (Wildman–Crippen LogP) is 0.538. The molecule has 0 amide bonds. The second-order valence-electron chi connectivity index (χ2n) is 1.70. The van der Waals surface area contributed by atoms with Gasteiger partial charge >= 0.3 is 0 Å². The highest BCUT2D eigenvalue weighted by atomic mass is 16.5. The Kier molecular flexibility index (Phi) is 4.61. The van der Waals surface area contributed by atoms with Crippen LogP contribution in [0.2, 0.25) is 0 Å². The lowest BCUT2D eigenvalue weighted by Gasteiger charge is -1.98. The molecule has 0 aromatic carbocycles. The summed E-state index contributed by atoms with van der Waals surface area (Å²) in [6, 6.07) is 0. The number of hydrogen-bond acceptors (Lipinski definition) is 2. The summed E-state index contributed by atoms with van der Waals surface area (Å²) >= 11 is 0. The van der Waals surface area contributed by atoms with Gasteiger partial charge in [0.2, 0.25) is 0 Å². The molecule has 0 fully saturated rings. The van der Waals surface area contributed by atoms with Crippen molar-refractivity contribution in [2.24, 2.45) is 5.73 Å². The van der Waals surface area contributed by atoms with Gasteiger partial charge in [-0.1, -0.05) is 12.2 Å². The Bertz CT molecular complexity index is 70.9. The quantitative estimate of drug-likeness (QED) is 0.543. The summed E-state index contributed by atoms with van der Waals surface area (Å²) in [5, 5.41) is 0. The molecule has 0 unspecified atom stereocenters. The summed E-state index contributed by atoms with van der Waals surface area (Å²) < 4.78 is 4.80. The molecular weight excluding hydrogens is 102 g/mol. The van der Waals surface area contributed by atoms with E-state index in [1.807, 2.05) is 0 Å². The Hall–Kier alpha value is -0.340. The van der Waals surface area contributed by atoms with Crippen LogP contribution in [0.3, 0.4) is 0 Å². The highest BCUT2D eigenvalue weighted by molar-refractivity contribution is 4.94. The summed E-state index contributed by atoms with van der Waals surface area (Å²) in [4.78, 5) is 0. The zero-order valence-electron chi connectivity index (χ0n) is 5.31. The van der Waals surface area contributed by atoms with E-state index in [1.54, 1.807) is 7.11 Å². The maximum atomic E-state index is 5.26. The Balaban J connectivity index is 2.99. The van der Waals surface area contributed by atoms with Gasteiger partial charge in [-0.3, -0.25) is 0 Å². The molecule has 0 aliphatic rings. The molecule has 0 atom stereocenters. The van der Waals surface area contributed by atoms with E-state index in [4.69, 9.17) is 10.5 Å². The van der Waals surface area contributed by atoms with Gasteiger partial charge < -0.3 is 10.5 Å². The Morgan fingerprint density at radius 2 is 2.38 bits per heavy atom.